The molecule has 0 amide bonds. The molecule has 0 bridgehead atoms. The van der Waals surface area contributed by atoms with Gasteiger partial charge in [0.05, 0.1) is 0 Å². The molecule has 0 heterocycles. The standard InChI is InChI=1S/C9H8BO/c1-2-9(11)10-8-6-4-3-5-7-8/h2-7H,1H2. The largest absolute Gasteiger partial charge is 0.307 e. The van der Waals surface area contributed by atoms with Gasteiger partial charge in [-0.25, -0.2) is 0 Å². The van der Waals surface area contributed by atoms with E-state index in [0.29, 0.717) is 0 Å². The summed E-state index contributed by atoms with van der Waals surface area (Å²) in [5, 5.41) is 0. The summed E-state index contributed by atoms with van der Waals surface area (Å²) in [5.41, 5.74) is 0.855. The first-order valence-corrected chi connectivity index (χ1v) is 3.39. The van der Waals surface area contributed by atoms with E-state index in [0.717, 1.165) is 5.46 Å². The minimum Gasteiger partial charge on any atom is -0.307 e. The van der Waals surface area contributed by atoms with Crippen LogP contribution in [-0.4, -0.2) is 13.0 Å². The molecule has 0 N–H and O–H groups in total. The molecular weight excluding hydrogens is 135 g/mol. The third-order valence-corrected chi connectivity index (χ3v) is 1.31. The van der Waals surface area contributed by atoms with Crippen molar-refractivity contribution in [1.29, 1.82) is 0 Å². The van der Waals surface area contributed by atoms with Crippen LogP contribution < -0.4 is 5.46 Å². The van der Waals surface area contributed by atoms with Crippen LogP contribution in [0.3, 0.4) is 0 Å². The van der Waals surface area contributed by atoms with Gasteiger partial charge in [0.15, 0.2) is 0 Å². The van der Waals surface area contributed by atoms with Crippen LogP contribution in [0, 0.1) is 0 Å². The monoisotopic (exact) mass is 143 g/mol. The highest BCUT2D eigenvalue weighted by molar-refractivity contribution is 6.86. The lowest BCUT2D eigenvalue weighted by Crippen LogP contribution is -2.21. The van der Waals surface area contributed by atoms with Crippen LogP contribution in [0.4, 0.5) is 0 Å². The van der Waals surface area contributed by atoms with E-state index in [-0.39, 0.29) is 5.68 Å². The lowest BCUT2D eigenvalue weighted by Gasteiger charge is -1.92. The normalized spacial score (nSPS) is 8.73. The summed E-state index contributed by atoms with van der Waals surface area (Å²) in [5.74, 6) is 0. The van der Waals surface area contributed by atoms with Crippen LogP contribution in [0.15, 0.2) is 43.0 Å². The first kappa shape index (κ1) is 7.80. The third kappa shape index (κ3) is 2.42. The molecule has 53 valence electrons. The van der Waals surface area contributed by atoms with Gasteiger partial charge in [-0.1, -0.05) is 42.4 Å². The van der Waals surface area contributed by atoms with Gasteiger partial charge in [-0.05, 0) is 6.08 Å². The maximum atomic E-state index is 10.8. The van der Waals surface area contributed by atoms with Gasteiger partial charge in [0.2, 0.25) is 7.28 Å². The van der Waals surface area contributed by atoms with Crippen molar-refractivity contribution in [3.05, 3.63) is 43.0 Å². The topological polar surface area (TPSA) is 17.1 Å². The summed E-state index contributed by atoms with van der Waals surface area (Å²) in [4.78, 5) is 10.8. The summed E-state index contributed by atoms with van der Waals surface area (Å²) < 4.78 is 0. The first-order valence-electron chi connectivity index (χ1n) is 3.39. The van der Waals surface area contributed by atoms with Crippen LogP contribution >= 0.6 is 0 Å². The van der Waals surface area contributed by atoms with Crippen molar-refractivity contribution in [2.24, 2.45) is 0 Å². The van der Waals surface area contributed by atoms with E-state index >= 15 is 0 Å². The fourth-order valence-electron chi connectivity index (χ4n) is 0.772. The zero-order valence-electron chi connectivity index (χ0n) is 6.16. The van der Waals surface area contributed by atoms with Crippen LogP contribution in [-0.2, 0) is 4.79 Å². The first-order chi connectivity index (χ1) is 5.33. The molecule has 0 spiro atoms. The number of benzene rings is 1. The summed E-state index contributed by atoms with van der Waals surface area (Å²) in [6.45, 7) is 3.38. The summed E-state index contributed by atoms with van der Waals surface area (Å²) in [7, 11) is 1.55. The zero-order valence-corrected chi connectivity index (χ0v) is 6.16. The molecule has 1 aromatic rings. The Balaban J connectivity index is 2.65. The molecular formula is C9H8BO. The average molecular weight is 143 g/mol. The molecule has 0 aromatic heterocycles. The number of rotatable bonds is 3. The van der Waals surface area contributed by atoms with E-state index in [1.807, 2.05) is 30.3 Å². The van der Waals surface area contributed by atoms with Crippen LogP contribution in [0.1, 0.15) is 0 Å². The van der Waals surface area contributed by atoms with Crippen molar-refractivity contribution in [2.75, 3.05) is 0 Å². The van der Waals surface area contributed by atoms with Crippen molar-refractivity contribution in [3.8, 4) is 0 Å². The van der Waals surface area contributed by atoms with E-state index in [2.05, 4.69) is 6.58 Å². The zero-order chi connectivity index (χ0) is 8.10. The van der Waals surface area contributed by atoms with Crippen molar-refractivity contribution >= 4 is 18.4 Å². The van der Waals surface area contributed by atoms with Crippen LogP contribution in [0.25, 0.3) is 0 Å². The molecule has 11 heavy (non-hydrogen) atoms. The highest BCUT2D eigenvalue weighted by Gasteiger charge is 1.99. The molecule has 2 heteroatoms. The van der Waals surface area contributed by atoms with E-state index in [9.17, 15) is 4.79 Å². The van der Waals surface area contributed by atoms with Gasteiger partial charge in [0.1, 0.15) is 5.68 Å². The molecule has 0 atom stereocenters. The third-order valence-electron chi connectivity index (χ3n) is 1.31. The second kappa shape index (κ2) is 3.76. The predicted octanol–water partition coefficient (Wildman–Crippen LogP) is 0.729. The maximum Gasteiger partial charge on any atom is 0.247 e. The van der Waals surface area contributed by atoms with Gasteiger partial charge in [-0.3, -0.25) is 0 Å². The Kier molecular flexibility index (Phi) is 2.67. The predicted molar refractivity (Wildman–Crippen MR) is 47.0 cm³/mol. The number of allylic oxidation sites excluding steroid dienone is 1. The van der Waals surface area contributed by atoms with E-state index < -0.39 is 0 Å². The highest BCUT2D eigenvalue weighted by Crippen LogP contribution is 1.81. The molecule has 0 aliphatic heterocycles. The summed E-state index contributed by atoms with van der Waals surface area (Å²) in [6, 6.07) is 9.45. The Bertz CT molecular complexity index is 254. The summed E-state index contributed by atoms with van der Waals surface area (Å²) in [6.07, 6.45) is 1.30. The lowest BCUT2D eigenvalue weighted by molar-refractivity contribution is -0.107. The van der Waals surface area contributed by atoms with E-state index in [1.54, 1.807) is 7.28 Å². The second-order valence-electron chi connectivity index (χ2n) is 2.16. The Morgan fingerprint density at radius 3 is 2.55 bits per heavy atom. The van der Waals surface area contributed by atoms with Gasteiger partial charge < -0.3 is 4.79 Å². The molecule has 1 rings (SSSR count). The fraction of sp³-hybridized carbons (Fsp3) is 0. The van der Waals surface area contributed by atoms with Crippen molar-refractivity contribution in [3.63, 3.8) is 0 Å². The molecule has 0 saturated carbocycles. The summed E-state index contributed by atoms with van der Waals surface area (Å²) >= 11 is 0. The molecule has 0 saturated heterocycles. The minimum atomic E-state index is -0.0591. The molecule has 1 aromatic carbocycles. The van der Waals surface area contributed by atoms with Crippen molar-refractivity contribution in [1.82, 2.24) is 0 Å². The van der Waals surface area contributed by atoms with Gasteiger partial charge in [0.25, 0.3) is 0 Å². The number of hydrogen-bond donors (Lipinski definition) is 0. The van der Waals surface area contributed by atoms with Gasteiger partial charge in [-0.15, -0.1) is 0 Å². The smallest absolute Gasteiger partial charge is 0.247 e. The molecule has 1 radical (unpaired) electrons. The lowest BCUT2D eigenvalue weighted by atomic mass is 9.66. The van der Waals surface area contributed by atoms with Crippen molar-refractivity contribution in [2.45, 2.75) is 0 Å². The molecule has 0 unspecified atom stereocenters. The molecule has 1 nitrogen and oxygen atoms in total. The Morgan fingerprint density at radius 1 is 1.36 bits per heavy atom. The average Bonchev–Trinajstić information content (AvgIpc) is 2.06. The fourth-order valence-corrected chi connectivity index (χ4v) is 0.772. The highest BCUT2D eigenvalue weighted by atomic mass is 16.1. The van der Waals surface area contributed by atoms with Gasteiger partial charge >= 0.3 is 0 Å². The maximum absolute atomic E-state index is 10.8. The van der Waals surface area contributed by atoms with E-state index in [1.165, 1.54) is 6.08 Å². The number of hydrogen-bond acceptors (Lipinski definition) is 1. The van der Waals surface area contributed by atoms with Gasteiger partial charge in [-0.2, -0.15) is 0 Å². The van der Waals surface area contributed by atoms with Gasteiger partial charge in [0, 0.05) is 0 Å². The Morgan fingerprint density at radius 2 is 2.00 bits per heavy atom. The van der Waals surface area contributed by atoms with Crippen LogP contribution in [0.5, 0.6) is 0 Å². The minimum absolute atomic E-state index is 0.0591. The Labute approximate surface area is 67.0 Å². The molecule has 0 aliphatic carbocycles. The number of carbonyl (C=O) groups excluding carboxylic acids is 1. The number of carbonyl (C=O) groups is 1. The van der Waals surface area contributed by atoms with E-state index in [4.69, 9.17) is 0 Å². The SMILES string of the molecule is C=CC(=O)[B]c1ccccc1. The second-order valence-corrected chi connectivity index (χ2v) is 2.16. The molecule has 0 aliphatic rings. The Hall–Kier alpha value is -1.31. The van der Waals surface area contributed by atoms with Crippen molar-refractivity contribution < 1.29 is 4.79 Å². The quantitative estimate of drug-likeness (QED) is 0.450. The van der Waals surface area contributed by atoms with Crippen LogP contribution in [0.2, 0.25) is 0 Å². The molecule has 0 fully saturated rings.